The molecule has 1 fully saturated rings. The van der Waals surface area contributed by atoms with E-state index < -0.39 is 12.0 Å². The van der Waals surface area contributed by atoms with Gasteiger partial charge in [-0.15, -0.1) is 23.1 Å². The number of carboxylic acids is 1. The molecule has 0 aromatic carbocycles. The van der Waals surface area contributed by atoms with Crippen LogP contribution in [0.5, 0.6) is 0 Å². The SMILES string of the molecule is O=C(Cc1cccs1)N[C@@H]1C(=O)N2C(C(=O)O)=C(Cc3cccnc3)CS[C@H]12. The second-order valence-corrected chi connectivity index (χ2v) is 8.64. The summed E-state index contributed by atoms with van der Waals surface area (Å²) in [5.74, 6) is -1.25. The highest BCUT2D eigenvalue weighted by atomic mass is 32.2. The Morgan fingerprint density at radius 1 is 1.32 bits per heavy atom. The fourth-order valence-electron chi connectivity index (χ4n) is 3.36. The molecule has 0 saturated carbocycles. The van der Waals surface area contributed by atoms with Crippen molar-refractivity contribution in [3.63, 3.8) is 0 Å². The number of thioether (sulfide) groups is 1. The molecule has 7 nitrogen and oxygen atoms in total. The van der Waals surface area contributed by atoms with Gasteiger partial charge in [0.05, 0.1) is 6.42 Å². The monoisotopic (exact) mass is 415 g/mol. The molecule has 28 heavy (non-hydrogen) atoms. The summed E-state index contributed by atoms with van der Waals surface area (Å²) in [6.45, 7) is 0. The summed E-state index contributed by atoms with van der Waals surface area (Å²) in [5.41, 5.74) is 1.60. The number of nitrogens with zero attached hydrogens (tertiary/aromatic N) is 2. The summed E-state index contributed by atoms with van der Waals surface area (Å²) in [6.07, 6.45) is 3.99. The molecule has 2 N–H and O–H groups in total. The fourth-order valence-corrected chi connectivity index (χ4v) is 5.41. The van der Waals surface area contributed by atoms with E-state index in [1.54, 1.807) is 18.5 Å². The maximum atomic E-state index is 12.6. The number of fused-ring (bicyclic) bond motifs is 1. The highest BCUT2D eigenvalue weighted by Crippen LogP contribution is 2.41. The third-order valence-electron chi connectivity index (χ3n) is 4.62. The first-order valence-corrected chi connectivity index (χ1v) is 10.6. The van der Waals surface area contributed by atoms with E-state index >= 15 is 0 Å². The molecule has 0 bridgehead atoms. The Morgan fingerprint density at radius 2 is 2.18 bits per heavy atom. The zero-order chi connectivity index (χ0) is 19.7. The molecule has 2 aromatic heterocycles. The smallest absolute Gasteiger partial charge is 0.352 e. The molecular formula is C19H17N3O4S2. The topological polar surface area (TPSA) is 99.6 Å². The van der Waals surface area contributed by atoms with Crippen LogP contribution in [0.4, 0.5) is 0 Å². The van der Waals surface area contributed by atoms with Crippen LogP contribution in [0.1, 0.15) is 10.4 Å². The summed E-state index contributed by atoms with van der Waals surface area (Å²) < 4.78 is 0. The largest absolute Gasteiger partial charge is 0.477 e. The van der Waals surface area contributed by atoms with Crippen molar-refractivity contribution in [2.75, 3.05) is 5.75 Å². The van der Waals surface area contributed by atoms with Gasteiger partial charge in [0, 0.05) is 23.0 Å². The van der Waals surface area contributed by atoms with Crippen LogP contribution in [0, 0.1) is 0 Å². The maximum Gasteiger partial charge on any atom is 0.352 e. The van der Waals surface area contributed by atoms with E-state index in [4.69, 9.17) is 0 Å². The highest BCUT2D eigenvalue weighted by Gasteiger charge is 2.54. The van der Waals surface area contributed by atoms with Crippen molar-refractivity contribution in [1.82, 2.24) is 15.2 Å². The zero-order valence-corrected chi connectivity index (χ0v) is 16.3. The normalized spacial score (nSPS) is 21.1. The van der Waals surface area contributed by atoms with Crippen molar-refractivity contribution in [2.45, 2.75) is 24.3 Å². The molecule has 4 heterocycles. The number of aromatic nitrogens is 1. The average Bonchev–Trinajstić information content (AvgIpc) is 3.19. The van der Waals surface area contributed by atoms with Crippen LogP contribution in [0.2, 0.25) is 0 Å². The average molecular weight is 415 g/mol. The molecule has 0 aliphatic carbocycles. The molecule has 0 unspecified atom stereocenters. The van der Waals surface area contributed by atoms with Crippen molar-refractivity contribution < 1.29 is 19.5 Å². The Morgan fingerprint density at radius 3 is 2.86 bits per heavy atom. The number of amides is 2. The third-order valence-corrected chi connectivity index (χ3v) is 6.84. The lowest BCUT2D eigenvalue weighted by Gasteiger charge is -2.49. The lowest BCUT2D eigenvalue weighted by molar-refractivity contribution is -0.150. The van der Waals surface area contributed by atoms with Gasteiger partial charge in [0.25, 0.3) is 5.91 Å². The number of pyridine rings is 1. The van der Waals surface area contributed by atoms with Crippen LogP contribution in [0.25, 0.3) is 0 Å². The van der Waals surface area contributed by atoms with E-state index in [0.717, 1.165) is 10.4 Å². The minimum Gasteiger partial charge on any atom is -0.477 e. The zero-order valence-electron chi connectivity index (χ0n) is 14.7. The van der Waals surface area contributed by atoms with Gasteiger partial charge in [-0.1, -0.05) is 12.1 Å². The second kappa shape index (κ2) is 7.76. The molecule has 1 saturated heterocycles. The number of carboxylic acid groups (broad SMARTS) is 1. The molecule has 2 aliphatic rings. The molecule has 2 atom stereocenters. The van der Waals surface area contributed by atoms with Gasteiger partial charge >= 0.3 is 5.97 Å². The Kier molecular flexibility index (Phi) is 5.19. The number of β-lactam (4-membered cyclic amide) rings is 1. The number of nitrogens with one attached hydrogen (secondary N) is 1. The van der Waals surface area contributed by atoms with Crippen molar-refractivity contribution in [3.05, 3.63) is 63.7 Å². The molecule has 4 rings (SSSR count). The Hall–Kier alpha value is -2.65. The minimum atomic E-state index is -1.12. The van der Waals surface area contributed by atoms with Crippen LogP contribution in [0.15, 0.2) is 53.3 Å². The van der Waals surface area contributed by atoms with Gasteiger partial charge in [0.15, 0.2) is 0 Å². The van der Waals surface area contributed by atoms with Gasteiger partial charge in [0.2, 0.25) is 5.91 Å². The van der Waals surface area contributed by atoms with Crippen LogP contribution < -0.4 is 5.32 Å². The predicted octanol–water partition coefficient (Wildman–Crippen LogP) is 1.67. The van der Waals surface area contributed by atoms with Gasteiger partial charge in [-0.3, -0.25) is 19.5 Å². The minimum absolute atomic E-state index is 0.0290. The van der Waals surface area contributed by atoms with E-state index in [1.165, 1.54) is 28.0 Å². The predicted molar refractivity (Wildman–Crippen MR) is 106 cm³/mol. The number of thiophene rings is 1. The van der Waals surface area contributed by atoms with E-state index in [1.807, 2.05) is 23.6 Å². The highest BCUT2D eigenvalue weighted by molar-refractivity contribution is 8.00. The lowest BCUT2D eigenvalue weighted by atomic mass is 9.99. The van der Waals surface area contributed by atoms with E-state index in [9.17, 15) is 19.5 Å². The summed E-state index contributed by atoms with van der Waals surface area (Å²) >= 11 is 2.96. The molecular weight excluding hydrogens is 398 g/mol. The maximum absolute atomic E-state index is 12.6. The molecule has 2 amide bonds. The number of rotatable bonds is 6. The van der Waals surface area contributed by atoms with Crippen molar-refractivity contribution in [1.29, 1.82) is 0 Å². The number of hydrogen-bond acceptors (Lipinski definition) is 6. The number of carbonyl (C=O) groups is 3. The summed E-state index contributed by atoms with van der Waals surface area (Å²) in [5, 5.41) is 14.0. The summed E-state index contributed by atoms with van der Waals surface area (Å²) in [6, 6.07) is 6.72. The molecule has 144 valence electrons. The molecule has 2 aliphatic heterocycles. The number of aliphatic carboxylic acids is 1. The standard InChI is InChI=1S/C19H17N3O4S2/c23-14(8-13-4-2-6-27-13)21-15-17(24)22-16(19(25)26)12(10-28-18(15)22)7-11-3-1-5-20-9-11/h1-6,9,15,18H,7-8,10H2,(H,21,23)(H,25,26)/t15-,18-/m1/s1. The fraction of sp³-hybridized carbons (Fsp3) is 0.263. The molecule has 0 spiro atoms. The van der Waals surface area contributed by atoms with Crippen molar-refractivity contribution >= 4 is 40.9 Å². The van der Waals surface area contributed by atoms with E-state index in [0.29, 0.717) is 17.7 Å². The first-order chi connectivity index (χ1) is 13.5. The van der Waals surface area contributed by atoms with Crippen LogP contribution in [0.3, 0.4) is 0 Å². The van der Waals surface area contributed by atoms with Gasteiger partial charge in [0.1, 0.15) is 17.1 Å². The second-order valence-electron chi connectivity index (χ2n) is 6.51. The molecule has 9 heteroatoms. The Labute approximate surface area is 169 Å². The molecule has 0 radical (unpaired) electrons. The van der Waals surface area contributed by atoms with E-state index in [2.05, 4.69) is 10.3 Å². The van der Waals surface area contributed by atoms with Gasteiger partial charge in [-0.2, -0.15) is 0 Å². The van der Waals surface area contributed by atoms with Crippen molar-refractivity contribution in [3.8, 4) is 0 Å². The van der Waals surface area contributed by atoms with Crippen LogP contribution >= 0.6 is 23.1 Å². The van der Waals surface area contributed by atoms with Gasteiger partial charge < -0.3 is 10.4 Å². The number of hydrogen-bond donors (Lipinski definition) is 2. The van der Waals surface area contributed by atoms with Crippen LogP contribution in [-0.4, -0.2) is 49.9 Å². The quantitative estimate of drug-likeness (QED) is 0.697. The third kappa shape index (κ3) is 3.55. The van der Waals surface area contributed by atoms with Crippen LogP contribution in [-0.2, 0) is 27.2 Å². The van der Waals surface area contributed by atoms with Crippen molar-refractivity contribution in [2.24, 2.45) is 0 Å². The summed E-state index contributed by atoms with van der Waals surface area (Å²) in [4.78, 5) is 43.0. The summed E-state index contributed by atoms with van der Waals surface area (Å²) in [7, 11) is 0. The number of carbonyl (C=O) groups excluding carboxylic acids is 2. The lowest BCUT2D eigenvalue weighted by Crippen LogP contribution is -2.70. The van der Waals surface area contributed by atoms with Gasteiger partial charge in [-0.25, -0.2) is 4.79 Å². The van der Waals surface area contributed by atoms with Gasteiger partial charge in [-0.05, 0) is 35.1 Å². The first kappa shape index (κ1) is 18.7. The Bertz CT molecular complexity index is 943. The van der Waals surface area contributed by atoms with E-state index in [-0.39, 0.29) is 29.3 Å². The Balaban J connectivity index is 1.49. The first-order valence-electron chi connectivity index (χ1n) is 8.65. The molecule has 2 aromatic rings.